The van der Waals surface area contributed by atoms with E-state index in [1.165, 1.54) is 19.3 Å². The van der Waals surface area contributed by atoms with Crippen LogP contribution in [0.4, 0.5) is 0 Å². The second-order valence-electron chi connectivity index (χ2n) is 7.53. The third-order valence-electron chi connectivity index (χ3n) is 6.03. The largest absolute Gasteiger partial charge is 0.337 e. The summed E-state index contributed by atoms with van der Waals surface area (Å²) in [5.41, 5.74) is 0.774. The number of pyridine rings is 1. The van der Waals surface area contributed by atoms with Gasteiger partial charge in [0.05, 0.1) is 5.56 Å². The molecule has 0 N–H and O–H groups in total. The second-order valence-corrected chi connectivity index (χ2v) is 8.44. The van der Waals surface area contributed by atoms with Gasteiger partial charge in [0.25, 0.3) is 5.91 Å². The summed E-state index contributed by atoms with van der Waals surface area (Å²) in [6.45, 7) is 4.49. The minimum Gasteiger partial charge on any atom is -0.337 e. The summed E-state index contributed by atoms with van der Waals surface area (Å²) >= 11 is 3.42. The van der Waals surface area contributed by atoms with Crippen molar-refractivity contribution in [3.8, 4) is 0 Å². The highest BCUT2D eigenvalue weighted by molar-refractivity contribution is 9.10. The van der Waals surface area contributed by atoms with Gasteiger partial charge in [0, 0.05) is 42.4 Å². The van der Waals surface area contributed by atoms with Gasteiger partial charge in [-0.1, -0.05) is 19.3 Å². The Hall–Kier alpha value is -1.76. The number of nitrogens with zero attached hydrogens (tertiary/aromatic N) is 5. The maximum atomic E-state index is 13.1. The molecule has 138 valence electrons. The Labute approximate surface area is 162 Å². The molecule has 1 unspecified atom stereocenters. The Morgan fingerprint density at radius 1 is 1.31 bits per heavy atom. The molecule has 1 aliphatic carbocycles. The fraction of sp³-hybridized carbons (Fsp3) is 0.579. The molecule has 26 heavy (non-hydrogen) atoms. The molecule has 1 atom stereocenters. The Morgan fingerprint density at radius 3 is 2.85 bits per heavy atom. The van der Waals surface area contributed by atoms with Gasteiger partial charge < -0.3 is 9.47 Å². The van der Waals surface area contributed by atoms with Crippen LogP contribution in [0.15, 0.2) is 29.3 Å². The van der Waals surface area contributed by atoms with Crippen LogP contribution in [0.3, 0.4) is 0 Å². The molecule has 1 amide bonds. The number of hydrogen-bond donors (Lipinski definition) is 0. The van der Waals surface area contributed by atoms with Crippen molar-refractivity contribution in [3.05, 3.63) is 40.6 Å². The molecule has 1 saturated heterocycles. The fourth-order valence-electron chi connectivity index (χ4n) is 4.73. The molecule has 2 aromatic heterocycles. The smallest absolute Gasteiger partial charge is 0.255 e. The molecule has 2 fully saturated rings. The molecule has 1 aliphatic heterocycles. The summed E-state index contributed by atoms with van der Waals surface area (Å²) in [7, 11) is 0. The summed E-state index contributed by atoms with van der Waals surface area (Å²) in [4.78, 5) is 19.3. The summed E-state index contributed by atoms with van der Waals surface area (Å²) in [5, 5.41) is 8.60. The van der Waals surface area contributed by atoms with Gasteiger partial charge in [-0.3, -0.25) is 9.78 Å². The lowest BCUT2D eigenvalue weighted by Gasteiger charge is -2.37. The van der Waals surface area contributed by atoms with E-state index >= 15 is 0 Å². The summed E-state index contributed by atoms with van der Waals surface area (Å²) in [6.07, 6.45) is 11.3. The van der Waals surface area contributed by atoms with Crippen LogP contribution in [0.25, 0.3) is 0 Å². The van der Waals surface area contributed by atoms with Crippen LogP contribution in [0.5, 0.6) is 0 Å². The first-order chi connectivity index (χ1) is 12.6. The average molecular weight is 418 g/mol. The Kier molecular flexibility index (Phi) is 4.82. The standard InChI is InChI=1S/C19H24BrN5O/c1-2-24-13-22-23-17(24)16-11-25(12-19(16)6-4-3-5-7-19)18(26)14-8-15(20)10-21-9-14/h8-10,13,16H,2-7,11-12H2,1H3. The number of amides is 1. The van der Waals surface area contributed by atoms with E-state index in [-0.39, 0.29) is 17.2 Å². The number of carbonyl (C=O) groups excluding carboxylic acids is 1. The van der Waals surface area contributed by atoms with Crippen LogP contribution in [-0.4, -0.2) is 43.6 Å². The van der Waals surface area contributed by atoms with Crippen molar-refractivity contribution in [1.29, 1.82) is 0 Å². The van der Waals surface area contributed by atoms with E-state index in [1.807, 2.05) is 17.3 Å². The van der Waals surface area contributed by atoms with Gasteiger partial charge >= 0.3 is 0 Å². The van der Waals surface area contributed by atoms with Crippen LogP contribution in [-0.2, 0) is 6.54 Å². The summed E-state index contributed by atoms with van der Waals surface area (Å²) in [6, 6.07) is 1.85. The van der Waals surface area contributed by atoms with Gasteiger partial charge in [-0.25, -0.2) is 0 Å². The number of halogens is 1. The number of hydrogen-bond acceptors (Lipinski definition) is 4. The molecule has 3 heterocycles. The van der Waals surface area contributed by atoms with E-state index in [2.05, 4.69) is 42.6 Å². The van der Waals surface area contributed by atoms with Crippen LogP contribution in [0, 0.1) is 5.41 Å². The molecule has 6 nitrogen and oxygen atoms in total. The number of aryl methyl sites for hydroxylation is 1. The summed E-state index contributed by atoms with van der Waals surface area (Å²) < 4.78 is 2.97. The van der Waals surface area contributed by atoms with Crippen molar-refractivity contribution in [3.63, 3.8) is 0 Å². The lowest BCUT2D eigenvalue weighted by molar-refractivity contribution is 0.0757. The zero-order valence-electron chi connectivity index (χ0n) is 15.1. The van der Waals surface area contributed by atoms with Crippen molar-refractivity contribution < 1.29 is 4.79 Å². The van der Waals surface area contributed by atoms with Crippen LogP contribution in [0.1, 0.15) is 61.1 Å². The molecule has 0 radical (unpaired) electrons. The normalized spacial score (nSPS) is 22.1. The Balaban J connectivity index is 1.66. The molecule has 1 spiro atoms. The summed E-state index contributed by atoms with van der Waals surface area (Å²) in [5.74, 6) is 1.36. The van der Waals surface area contributed by atoms with Crippen molar-refractivity contribution in [2.75, 3.05) is 13.1 Å². The molecular formula is C19H24BrN5O. The van der Waals surface area contributed by atoms with Crippen LogP contribution < -0.4 is 0 Å². The highest BCUT2D eigenvalue weighted by Crippen LogP contribution is 2.51. The maximum Gasteiger partial charge on any atom is 0.255 e. The van der Waals surface area contributed by atoms with Gasteiger partial charge in [-0.15, -0.1) is 10.2 Å². The maximum absolute atomic E-state index is 13.1. The lowest BCUT2D eigenvalue weighted by atomic mass is 9.67. The number of aromatic nitrogens is 4. The van der Waals surface area contributed by atoms with E-state index in [9.17, 15) is 4.79 Å². The predicted molar refractivity (Wildman–Crippen MR) is 102 cm³/mol. The highest BCUT2D eigenvalue weighted by atomic mass is 79.9. The van der Waals surface area contributed by atoms with Gasteiger partial charge in [-0.2, -0.15) is 0 Å². The van der Waals surface area contributed by atoms with Crippen molar-refractivity contribution in [1.82, 2.24) is 24.6 Å². The molecule has 4 rings (SSSR count). The fourth-order valence-corrected chi connectivity index (χ4v) is 5.10. The predicted octanol–water partition coefficient (Wildman–Crippen LogP) is 3.65. The molecule has 0 aromatic carbocycles. The number of likely N-dealkylation sites (tertiary alicyclic amines) is 1. The SMILES string of the molecule is CCn1cnnc1C1CN(C(=O)c2cncc(Br)c2)CC12CCCCC2. The number of rotatable bonds is 3. The lowest BCUT2D eigenvalue weighted by Crippen LogP contribution is -2.34. The van der Waals surface area contributed by atoms with Gasteiger partial charge in [0.15, 0.2) is 0 Å². The molecular weight excluding hydrogens is 394 g/mol. The average Bonchev–Trinajstić information content (AvgIpc) is 3.26. The van der Waals surface area contributed by atoms with Crippen molar-refractivity contribution >= 4 is 21.8 Å². The topological polar surface area (TPSA) is 63.9 Å². The first-order valence-electron chi connectivity index (χ1n) is 9.40. The Morgan fingerprint density at radius 2 is 2.12 bits per heavy atom. The van der Waals surface area contributed by atoms with E-state index in [0.29, 0.717) is 12.1 Å². The van der Waals surface area contributed by atoms with E-state index in [0.717, 1.165) is 36.2 Å². The zero-order chi connectivity index (χ0) is 18.1. The second kappa shape index (κ2) is 7.10. The monoisotopic (exact) mass is 417 g/mol. The quantitative estimate of drug-likeness (QED) is 0.764. The molecule has 0 bridgehead atoms. The molecule has 1 saturated carbocycles. The third-order valence-corrected chi connectivity index (χ3v) is 6.47. The third kappa shape index (κ3) is 3.06. The van der Waals surface area contributed by atoms with E-state index in [1.54, 1.807) is 12.4 Å². The first kappa shape index (κ1) is 17.6. The zero-order valence-corrected chi connectivity index (χ0v) is 16.7. The van der Waals surface area contributed by atoms with Gasteiger partial charge in [-0.05, 0) is 47.2 Å². The van der Waals surface area contributed by atoms with Gasteiger partial charge in [0.1, 0.15) is 12.2 Å². The van der Waals surface area contributed by atoms with Crippen molar-refractivity contribution in [2.24, 2.45) is 5.41 Å². The van der Waals surface area contributed by atoms with Crippen LogP contribution >= 0.6 is 15.9 Å². The number of carbonyl (C=O) groups is 1. The first-order valence-corrected chi connectivity index (χ1v) is 10.2. The molecule has 7 heteroatoms. The van der Waals surface area contributed by atoms with Gasteiger partial charge in [0.2, 0.25) is 0 Å². The van der Waals surface area contributed by atoms with Crippen molar-refractivity contribution in [2.45, 2.75) is 51.5 Å². The minimum atomic E-state index is 0.0637. The molecule has 2 aliphatic rings. The van der Waals surface area contributed by atoms with E-state index < -0.39 is 0 Å². The Bertz CT molecular complexity index is 799. The molecule has 2 aromatic rings. The minimum absolute atomic E-state index is 0.0637. The van der Waals surface area contributed by atoms with E-state index in [4.69, 9.17) is 0 Å². The van der Waals surface area contributed by atoms with Crippen LogP contribution in [0.2, 0.25) is 0 Å². The highest BCUT2D eigenvalue weighted by Gasteiger charge is 2.50.